The average Bonchev–Trinajstić information content (AvgIpc) is 2.89. The number of fused-ring (bicyclic) bond motifs is 1. The first-order valence-electron chi connectivity index (χ1n) is 7.02. The number of carbonyl (C=O) groups is 1. The van der Waals surface area contributed by atoms with Gasteiger partial charge in [0.15, 0.2) is 0 Å². The lowest BCUT2D eigenvalue weighted by Gasteiger charge is -2.40. The molecule has 0 radical (unpaired) electrons. The maximum absolute atomic E-state index is 10.7. The van der Waals surface area contributed by atoms with Gasteiger partial charge in [-0.25, -0.2) is 0 Å². The van der Waals surface area contributed by atoms with Gasteiger partial charge in [0, 0.05) is 19.6 Å². The summed E-state index contributed by atoms with van der Waals surface area (Å²) in [5.41, 5.74) is 1.43. The van der Waals surface area contributed by atoms with E-state index >= 15 is 0 Å². The monoisotopic (exact) mass is 259 g/mol. The number of hydrogen-bond acceptors (Lipinski definition) is 4. The van der Waals surface area contributed by atoms with Crippen molar-refractivity contribution in [2.75, 3.05) is 19.6 Å². The second-order valence-corrected chi connectivity index (χ2v) is 5.47. The first-order chi connectivity index (χ1) is 9.24. The molecule has 1 aromatic rings. The molecule has 2 fully saturated rings. The third kappa shape index (κ3) is 2.65. The van der Waals surface area contributed by atoms with Crippen LogP contribution in [0.2, 0.25) is 0 Å². The van der Waals surface area contributed by atoms with Crippen LogP contribution in [0.1, 0.15) is 35.2 Å². The Bertz CT molecular complexity index is 458. The highest BCUT2D eigenvalue weighted by Gasteiger charge is 2.32. The molecular weight excluding hydrogens is 240 g/mol. The molecule has 1 unspecified atom stereocenters. The minimum absolute atomic E-state index is 0.255. The molecule has 0 saturated carbocycles. The van der Waals surface area contributed by atoms with Crippen molar-refractivity contribution in [1.82, 2.24) is 9.80 Å². The van der Waals surface area contributed by atoms with Crippen LogP contribution < -0.4 is 5.11 Å². The first-order valence-corrected chi connectivity index (χ1v) is 7.02. The molecule has 102 valence electrons. The molecule has 0 spiro atoms. The van der Waals surface area contributed by atoms with Gasteiger partial charge in [0.1, 0.15) is 0 Å². The van der Waals surface area contributed by atoms with Crippen molar-refractivity contribution >= 4 is 5.97 Å². The molecule has 2 saturated heterocycles. The fourth-order valence-electron chi connectivity index (χ4n) is 3.27. The van der Waals surface area contributed by atoms with Crippen LogP contribution in [0.3, 0.4) is 0 Å². The Morgan fingerprint density at radius 1 is 1.16 bits per heavy atom. The van der Waals surface area contributed by atoms with Gasteiger partial charge >= 0.3 is 0 Å². The number of aromatic carboxylic acids is 1. The van der Waals surface area contributed by atoms with Gasteiger partial charge in [-0.3, -0.25) is 9.80 Å². The van der Waals surface area contributed by atoms with Crippen LogP contribution in [-0.2, 0) is 6.54 Å². The molecule has 4 heteroatoms. The molecule has 2 aliphatic rings. The number of carbonyl (C=O) groups excluding carboxylic acids is 1. The molecule has 0 bridgehead atoms. The maximum atomic E-state index is 10.7. The molecule has 19 heavy (non-hydrogen) atoms. The third-order valence-corrected chi connectivity index (χ3v) is 4.22. The molecular formula is C15H19N2O2-. The Morgan fingerprint density at radius 2 is 1.89 bits per heavy atom. The summed E-state index contributed by atoms with van der Waals surface area (Å²) in [4.78, 5) is 15.8. The van der Waals surface area contributed by atoms with Crippen LogP contribution in [-0.4, -0.2) is 41.6 Å². The van der Waals surface area contributed by atoms with E-state index in [2.05, 4.69) is 9.80 Å². The van der Waals surface area contributed by atoms with Gasteiger partial charge < -0.3 is 9.90 Å². The topological polar surface area (TPSA) is 46.6 Å². The molecule has 0 amide bonds. The van der Waals surface area contributed by atoms with E-state index in [1.807, 2.05) is 12.1 Å². The van der Waals surface area contributed by atoms with Gasteiger partial charge in [-0.2, -0.15) is 0 Å². The van der Waals surface area contributed by atoms with E-state index in [1.54, 1.807) is 12.1 Å². The minimum Gasteiger partial charge on any atom is -0.545 e. The summed E-state index contributed by atoms with van der Waals surface area (Å²) in [6.07, 6.45) is 4.38. The Kier molecular flexibility index (Phi) is 3.53. The van der Waals surface area contributed by atoms with Crippen LogP contribution >= 0.6 is 0 Å². The first kappa shape index (κ1) is 12.6. The van der Waals surface area contributed by atoms with E-state index in [0.29, 0.717) is 6.17 Å². The highest BCUT2D eigenvalue weighted by atomic mass is 16.4. The van der Waals surface area contributed by atoms with Crippen molar-refractivity contribution in [2.45, 2.75) is 32.0 Å². The Balaban J connectivity index is 1.68. The van der Waals surface area contributed by atoms with E-state index in [-0.39, 0.29) is 5.56 Å². The minimum atomic E-state index is -1.11. The number of rotatable bonds is 3. The van der Waals surface area contributed by atoms with E-state index < -0.39 is 5.97 Å². The molecule has 0 aromatic heterocycles. The second-order valence-electron chi connectivity index (χ2n) is 5.47. The van der Waals surface area contributed by atoms with Crippen LogP contribution in [0.5, 0.6) is 0 Å². The zero-order valence-electron chi connectivity index (χ0n) is 11.0. The maximum Gasteiger partial charge on any atom is 0.0715 e. The lowest BCUT2D eigenvalue weighted by atomic mass is 10.1. The van der Waals surface area contributed by atoms with Crippen molar-refractivity contribution in [3.05, 3.63) is 35.4 Å². The van der Waals surface area contributed by atoms with E-state index in [0.717, 1.165) is 13.1 Å². The summed E-state index contributed by atoms with van der Waals surface area (Å²) >= 11 is 0. The summed E-state index contributed by atoms with van der Waals surface area (Å²) < 4.78 is 0. The van der Waals surface area contributed by atoms with Crippen LogP contribution in [0.4, 0.5) is 0 Å². The highest BCUT2D eigenvalue weighted by Crippen LogP contribution is 2.26. The van der Waals surface area contributed by atoms with Crippen molar-refractivity contribution < 1.29 is 9.90 Å². The fraction of sp³-hybridized carbons (Fsp3) is 0.533. The smallest absolute Gasteiger partial charge is 0.0715 e. The normalized spacial score (nSPS) is 24.3. The molecule has 1 aromatic carbocycles. The van der Waals surface area contributed by atoms with Crippen molar-refractivity contribution in [3.8, 4) is 0 Å². The predicted molar refractivity (Wildman–Crippen MR) is 70.4 cm³/mol. The number of benzene rings is 1. The summed E-state index contributed by atoms with van der Waals surface area (Å²) in [6, 6.07) is 7.08. The second kappa shape index (κ2) is 5.31. The lowest BCUT2D eigenvalue weighted by Crippen LogP contribution is -2.49. The summed E-state index contributed by atoms with van der Waals surface area (Å²) in [5, 5.41) is 10.7. The zero-order chi connectivity index (χ0) is 13.2. The standard InChI is InChI=1S/C15H20N2O2/c18-15(19)13-6-4-12(5-7-13)11-17-10-2-9-16-8-1-3-14(16)17/h4-7,14H,1-3,8-11H2,(H,18,19)/p-1. The van der Waals surface area contributed by atoms with E-state index in [9.17, 15) is 9.90 Å². The molecule has 2 heterocycles. The average molecular weight is 259 g/mol. The van der Waals surface area contributed by atoms with Gasteiger partial charge in [-0.05, 0) is 36.9 Å². The van der Waals surface area contributed by atoms with Gasteiger partial charge in [0.2, 0.25) is 0 Å². The number of carboxylic acid groups (broad SMARTS) is 1. The van der Waals surface area contributed by atoms with Crippen LogP contribution in [0.25, 0.3) is 0 Å². The largest absolute Gasteiger partial charge is 0.545 e. The van der Waals surface area contributed by atoms with Crippen LogP contribution in [0, 0.1) is 0 Å². The quantitative estimate of drug-likeness (QED) is 0.801. The van der Waals surface area contributed by atoms with Crippen molar-refractivity contribution in [2.24, 2.45) is 0 Å². The summed E-state index contributed by atoms with van der Waals surface area (Å²) in [5.74, 6) is -1.11. The number of carboxylic acids is 1. The van der Waals surface area contributed by atoms with Crippen molar-refractivity contribution in [1.29, 1.82) is 0 Å². The van der Waals surface area contributed by atoms with Gasteiger partial charge in [0.25, 0.3) is 0 Å². The molecule has 0 aliphatic carbocycles. The Hall–Kier alpha value is -1.39. The summed E-state index contributed by atoms with van der Waals surface area (Å²) in [6.45, 7) is 4.51. The molecule has 4 nitrogen and oxygen atoms in total. The molecule has 1 atom stereocenters. The van der Waals surface area contributed by atoms with Crippen molar-refractivity contribution in [3.63, 3.8) is 0 Å². The number of nitrogens with zero attached hydrogens (tertiary/aromatic N) is 2. The Morgan fingerprint density at radius 3 is 2.63 bits per heavy atom. The molecule has 0 N–H and O–H groups in total. The van der Waals surface area contributed by atoms with E-state index in [4.69, 9.17) is 0 Å². The van der Waals surface area contributed by atoms with Crippen LogP contribution in [0.15, 0.2) is 24.3 Å². The van der Waals surface area contributed by atoms with Gasteiger partial charge in [0.05, 0.1) is 12.1 Å². The van der Waals surface area contributed by atoms with Gasteiger partial charge in [-0.15, -0.1) is 0 Å². The number of hydrogen-bond donors (Lipinski definition) is 0. The summed E-state index contributed by atoms with van der Waals surface area (Å²) in [7, 11) is 0. The van der Waals surface area contributed by atoms with Gasteiger partial charge in [-0.1, -0.05) is 24.3 Å². The third-order valence-electron chi connectivity index (χ3n) is 4.22. The Labute approximate surface area is 113 Å². The fourth-order valence-corrected chi connectivity index (χ4v) is 3.27. The zero-order valence-corrected chi connectivity index (χ0v) is 11.0. The predicted octanol–water partition coefficient (Wildman–Crippen LogP) is 0.678. The highest BCUT2D eigenvalue weighted by molar-refractivity contribution is 5.85. The molecule has 3 rings (SSSR count). The SMILES string of the molecule is O=C([O-])c1ccc(CN2CCCN3CCCC32)cc1. The lowest BCUT2D eigenvalue weighted by molar-refractivity contribution is -0.255. The molecule has 2 aliphatic heterocycles. The van der Waals surface area contributed by atoms with E-state index in [1.165, 1.54) is 37.9 Å².